The van der Waals surface area contributed by atoms with Gasteiger partial charge in [-0.3, -0.25) is 0 Å². The zero-order chi connectivity index (χ0) is 17.6. The lowest BCUT2D eigenvalue weighted by molar-refractivity contribution is 0.498. The fourth-order valence-electron chi connectivity index (χ4n) is 2.16. The highest BCUT2D eigenvalue weighted by Crippen LogP contribution is 2.04. The van der Waals surface area contributed by atoms with Gasteiger partial charge in [-0.2, -0.15) is 0 Å². The first-order valence-corrected chi connectivity index (χ1v) is 7.91. The Kier molecular flexibility index (Phi) is 4.84. The maximum Gasteiger partial charge on any atom is 0.338 e. The zero-order valence-electron chi connectivity index (χ0n) is 14.1. The van der Waals surface area contributed by atoms with Crippen molar-refractivity contribution in [3.63, 3.8) is 0 Å². The zero-order valence-corrected chi connectivity index (χ0v) is 14.1. The molecule has 0 saturated heterocycles. The summed E-state index contributed by atoms with van der Waals surface area (Å²) in [6, 6.07) is 18.8. The monoisotopic (exact) mass is 324 g/mol. The molecule has 0 aliphatic heterocycles. The van der Waals surface area contributed by atoms with Gasteiger partial charge in [-0.1, -0.05) is 53.2 Å². The molecule has 0 N–H and O–H groups in total. The third kappa shape index (κ3) is 4.74. The van der Waals surface area contributed by atoms with Crippen LogP contribution in [0.25, 0.3) is 0 Å². The second-order valence-corrected chi connectivity index (χ2v) is 5.76. The molecule has 2 nitrogen and oxygen atoms in total. The van der Waals surface area contributed by atoms with E-state index in [9.17, 15) is 4.79 Å². The van der Waals surface area contributed by atoms with E-state index in [2.05, 4.69) is 23.7 Å². The SMILES string of the molecule is Cc1ccc(C#Cc2cc(C#Cc3ccc(C)cc3)oc(=O)c2)cc1. The van der Waals surface area contributed by atoms with Crippen LogP contribution in [0.2, 0.25) is 0 Å². The molecule has 3 rings (SSSR count). The molecule has 2 aromatic carbocycles. The Hall–Kier alpha value is -3.49. The van der Waals surface area contributed by atoms with Gasteiger partial charge in [0.2, 0.25) is 0 Å². The third-order valence-corrected chi connectivity index (χ3v) is 3.55. The molecule has 0 spiro atoms. The predicted molar refractivity (Wildman–Crippen MR) is 99.3 cm³/mol. The Morgan fingerprint density at radius 2 is 1.12 bits per heavy atom. The van der Waals surface area contributed by atoms with Gasteiger partial charge in [0.1, 0.15) is 0 Å². The van der Waals surface area contributed by atoms with Gasteiger partial charge in [-0.15, -0.1) is 0 Å². The first kappa shape index (κ1) is 16.4. The van der Waals surface area contributed by atoms with Gasteiger partial charge in [0.25, 0.3) is 0 Å². The van der Waals surface area contributed by atoms with Crippen LogP contribution in [0.15, 0.2) is 69.9 Å². The highest BCUT2D eigenvalue weighted by molar-refractivity contribution is 5.46. The Balaban J connectivity index is 1.88. The topological polar surface area (TPSA) is 30.2 Å². The first-order valence-electron chi connectivity index (χ1n) is 7.91. The van der Waals surface area contributed by atoms with Crippen LogP contribution in [0.1, 0.15) is 33.6 Å². The molecule has 1 aromatic heterocycles. The van der Waals surface area contributed by atoms with Crippen LogP contribution in [-0.2, 0) is 0 Å². The average molecular weight is 324 g/mol. The molecular weight excluding hydrogens is 308 g/mol. The van der Waals surface area contributed by atoms with E-state index in [1.807, 2.05) is 62.4 Å². The summed E-state index contributed by atoms with van der Waals surface area (Å²) in [5.41, 5.74) is 4.24. The molecule has 0 saturated carbocycles. The van der Waals surface area contributed by atoms with Gasteiger partial charge in [0.15, 0.2) is 5.76 Å². The van der Waals surface area contributed by atoms with E-state index in [4.69, 9.17) is 4.42 Å². The molecule has 120 valence electrons. The number of benzene rings is 2. The summed E-state index contributed by atoms with van der Waals surface area (Å²) in [5.74, 6) is 12.2. The summed E-state index contributed by atoms with van der Waals surface area (Å²) < 4.78 is 5.13. The van der Waals surface area contributed by atoms with Crippen molar-refractivity contribution in [3.8, 4) is 23.7 Å². The molecule has 2 heteroatoms. The van der Waals surface area contributed by atoms with Gasteiger partial charge < -0.3 is 4.42 Å². The van der Waals surface area contributed by atoms with E-state index in [1.165, 1.54) is 17.2 Å². The number of hydrogen-bond donors (Lipinski definition) is 0. The summed E-state index contributed by atoms with van der Waals surface area (Å²) in [6.07, 6.45) is 0. The van der Waals surface area contributed by atoms with Gasteiger partial charge >= 0.3 is 5.63 Å². The molecule has 0 aliphatic carbocycles. The maximum absolute atomic E-state index is 11.7. The van der Waals surface area contributed by atoms with E-state index in [-0.39, 0.29) is 0 Å². The smallest absolute Gasteiger partial charge is 0.338 e. The van der Waals surface area contributed by atoms with Crippen LogP contribution in [0.5, 0.6) is 0 Å². The Bertz CT molecular complexity index is 977. The average Bonchev–Trinajstić information content (AvgIpc) is 2.60. The van der Waals surface area contributed by atoms with Gasteiger partial charge in [0, 0.05) is 28.8 Å². The van der Waals surface area contributed by atoms with Crippen molar-refractivity contribution in [2.75, 3.05) is 0 Å². The van der Waals surface area contributed by atoms with Crippen molar-refractivity contribution >= 4 is 0 Å². The van der Waals surface area contributed by atoms with Crippen molar-refractivity contribution in [3.05, 3.63) is 105 Å². The lowest BCUT2D eigenvalue weighted by Gasteiger charge is -1.94. The lowest BCUT2D eigenvalue weighted by Crippen LogP contribution is -1.99. The van der Waals surface area contributed by atoms with E-state index in [1.54, 1.807) is 6.07 Å². The van der Waals surface area contributed by atoms with Crippen LogP contribution in [-0.4, -0.2) is 0 Å². The second kappa shape index (κ2) is 7.39. The summed E-state index contributed by atoms with van der Waals surface area (Å²) >= 11 is 0. The van der Waals surface area contributed by atoms with Crippen molar-refractivity contribution in [2.45, 2.75) is 13.8 Å². The molecule has 0 amide bonds. The number of hydrogen-bond acceptors (Lipinski definition) is 2. The highest BCUT2D eigenvalue weighted by Gasteiger charge is 1.97. The first-order chi connectivity index (χ1) is 12.1. The molecule has 0 atom stereocenters. The molecule has 3 aromatic rings. The third-order valence-electron chi connectivity index (χ3n) is 3.55. The lowest BCUT2D eigenvalue weighted by atomic mass is 10.1. The van der Waals surface area contributed by atoms with Crippen molar-refractivity contribution in [2.24, 2.45) is 0 Å². The Morgan fingerprint density at radius 3 is 1.68 bits per heavy atom. The summed E-state index contributed by atoms with van der Waals surface area (Å²) in [4.78, 5) is 11.7. The quantitative estimate of drug-likeness (QED) is 0.584. The fourth-order valence-corrected chi connectivity index (χ4v) is 2.16. The van der Waals surface area contributed by atoms with Crippen LogP contribution < -0.4 is 5.63 Å². The normalized spacial score (nSPS) is 9.52. The minimum Gasteiger partial charge on any atom is -0.414 e. The summed E-state index contributed by atoms with van der Waals surface area (Å²) in [6.45, 7) is 4.05. The van der Waals surface area contributed by atoms with Gasteiger partial charge in [0.05, 0.1) is 0 Å². The maximum atomic E-state index is 11.7. The molecule has 25 heavy (non-hydrogen) atoms. The molecular formula is C23H16O2. The van der Waals surface area contributed by atoms with Gasteiger partial charge in [-0.05, 0) is 44.0 Å². The molecule has 0 radical (unpaired) electrons. The van der Waals surface area contributed by atoms with E-state index >= 15 is 0 Å². The van der Waals surface area contributed by atoms with Gasteiger partial charge in [-0.25, -0.2) is 4.79 Å². The van der Waals surface area contributed by atoms with Crippen molar-refractivity contribution in [1.29, 1.82) is 0 Å². The minimum atomic E-state index is -0.455. The summed E-state index contributed by atoms with van der Waals surface area (Å²) in [5, 5.41) is 0. The van der Waals surface area contributed by atoms with Crippen LogP contribution >= 0.6 is 0 Å². The van der Waals surface area contributed by atoms with Crippen LogP contribution in [0, 0.1) is 37.5 Å². The Labute approximate surface area is 147 Å². The Morgan fingerprint density at radius 1 is 0.640 bits per heavy atom. The van der Waals surface area contributed by atoms with Crippen molar-refractivity contribution in [1.82, 2.24) is 0 Å². The molecule has 0 bridgehead atoms. The van der Waals surface area contributed by atoms with Crippen LogP contribution in [0.4, 0.5) is 0 Å². The molecule has 0 unspecified atom stereocenters. The number of rotatable bonds is 0. The standard InChI is InChI=1S/C23H16O2/c1-17-3-7-19(8-4-17)11-12-21-15-22(25-23(24)16-21)14-13-20-9-5-18(2)6-10-20/h3-10,15-16H,1-2H3. The minimum absolute atomic E-state index is 0.307. The second-order valence-electron chi connectivity index (χ2n) is 5.76. The fraction of sp³-hybridized carbons (Fsp3) is 0.0870. The number of aryl methyl sites for hydroxylation is 2. The molecule has 0 aliphatic rings. The van der Waals surface area contributed by atoms with Crippen molar-refractivity contribution < 1.29 is 4.42 Å². The molecule has 0 fully saturated rings. The largest absolute Gasteiger partial charge is 0.414 e. The molecule has 1 heterocycles. The van der Waals surface area contributed by atoms with E-state index in [0.29, 0.717) is 11.3 Å². The summed E-state index contributed by atoms with van der Waals surface area (Å²) in [7, 11) is 0. The predicted octanol–water partition coefficient (Wildman–Crippen LogP) is 4.06. The highest BCUT2D eigenvalue weighted by atomic mass is 16.4. The van der Waals surface area contributed by atoms with E-state index in [0.717, 1.165) is 11.1 Å². The van der Waals surface area contributed by atoms with E-state index < -0.39 is 5.63 Å². The van der Waals surface area contributed by atoms with Crippen LogP contribution in [0.3, 0.4) is 0 Å².